The molecule has 5 atom stereocenters. The standard InChI is InChI=1S/C10H18N3O13P3/c1-11-8-2-3-13(10(15)12-8)9-4-6(14)7(24-9)5-23-28(19,20)26-29(21,22)25-27(16,17)18/h2-3,6-7,9,14H,4-5H2,1H3,(H,19,20)(H,21,22)(H,11,12,15)(H2,16,17,18)/t6?,7-,9-/m1/s1. The topological polar surface area (TPSA) is 236 Å². The molecule has 0 aliphatic carbocycles. The van der Waals surface area contributed by atoms with E-state index in [1.807, 2.05) is 0 Å². The number of aliphatic hydroxyl groups excluding tert-OH is 1. The highest BCUT2D eigenvalue weighted by atomic mass is 31.3. The van der Waals surface area contributed by atoms with Crippen LogP contribution in [0.15, 0.2) is 17.1 Å². The largest absolute Gasteiger partial charge is 0.490 e. The van der Waals surface area contributed by atoms with Gasteiger partial charge < -0.3 is 34.7 Å². The van der Waals surface area contributed by atoms with Crippen LogP contribution in [0.3, 0.4) is 0 Å². The number of phosphoric ester groups is 1. The van der Waals surface area contributed by atoms with E-state index in [9.17, 15) is 28.5 Å². The molecule has 1 fully saturated rings. The summed E-state index contributed by atoms with van der Waals surface area (Å²) in [6.07, 6.45) is -2.25. The van der Waals surface area contributed by atoms with Crippen molar-refractivity contribution >= 4 is 29.3 Å². The average molecular weight is 481 g/mol. The average Bonchev–Trinajstić information content (AvgIpc) is 2.90. The zero-order valence-corrected chi connectivity index (χ0v) is 17.2. The number of nitrogens with one attached hydrogen (secondary N) is 1. The summed E-state index contributed by atoms with van der Waals surface area (Å²) in [4.78, 5) is 51.1. The molecular formula is C10H18N3O13P3. The van der Waals surface area contributed by atoms with Crippen molar-refractivity contribution in [3.05, 3.63) is 22.7 Å². The van der Waals surface area contributed by atoms with Crippen molar-refractivity contribution in [1.29, 1.82) is 0 Å². The summed E-state index contributed by atoms with van der Waals surface area (Å²) in [7, 11) is -15.0. The molecule has 2 heterocycles. The monoisotopic (exact) mass is 481 g/mol. The van der Waals surface area contributed by atoms with Crippen LogP contribution >= 0.6 is 23.5 Å². The number of nitrogens with zero attached hydrogens (tertiary/aromatic N) is 2. The normalized spacial score (nSPS) is 26.6. The summed E-state index contributed by atoms with van der Waals surface area (Å²) in [5.74, 6) is 0.300. The van der Waals surface area contributed by atoms with Crippen LogP contribution in [0.5, 0.6) is 0 Å². The van der Waals surface area contributed by atoms with Gasteiger partial charge in [-0.05, 0) is 6.07 Å². The van der Waals surface area contributed by atoms with Crippen molar-refractivity contribution in [3.63, 3.8) is 0 Å². The molecule has 3 unspecified atom stereocenters. The van der Waals surface area contributed by atoms with E-state index in [0.717, 1.165) is 4.57 Å². The van der Waals surface area contributed by atoms with Crippen molar-refractivity contribution in [1.82, 2.24) is 9.55 Å². The Kier molecular flexibility index (Phi) is 7.55. The molecule has 0 radical (unpaired) electrons. The molecule has 19 heteroatoms. The first-order chi connectivity index (χ1) is 13.2. The Morgan fingerprint density at radius 2 is 1.90 bits per heavy atom. The van der Waals surface area contributed by atoms with Crippen LogP contribution in [0.4, 0.5) is 5.82 Å². The third-order valence-electron chi connectivity index (χ3n) is 3.42. The molecule has 16 nitrogen and oxygen atoms in total. The van der Waals surface area contributed by atoms with Gasteiger partial charge in [-0.25, -0.2) is 18.5 Å². The van der Waals surface area contributed by atoms with Gasteiger partial charge in [0.05, 0.1) is 12.7 Å². The maximum atomic E-state index is 12.0. The van der Waals surface area contributed by atoms with Crippen molar-refractivity contribution in [3.8, 4) is 0 Å². The highest BCUT2D eigenvalue weighted by Gasteiger charge is 2.42. The van der Waals surface area contributed by atoms with Crippen LogP contribution in [0.2, 0.25) is 0 Å². The number of hydrogen-bond acceptors (Lipinski definition) is 11. The lowest BCUT2D eigenvalue weighted by Crippen LogP contribution is -2.28. The molecule has 29 heavy (non-hydrogen) atoms. The van der Waals surface area contributed by atoms with Crippen LogP contribution in [0, 0.1) is 0 Å². The lowest BCUT2D eigenvalue weighted by Gasteiger charge is -2.19. The first-order valence-corrected chi connectivity index (χ1v) is 12.1. The molecular weight excluding hydrogens is 463 g/mol. The molecule has 0 spiro atoms. The zero-order valence-electron chi connectivity index (χ0n) is 14.5. The molecule has 1 aliphatic rings. The molecule has 1 aromatic heterocycles. The molecule has 1 aromatic rings. The summed E-state index contributed by atoms with van der Waals surface area (Å²) in [5.41, 5.74) is -0.692. The second-order valence-electron chi connectivity index (χ2n) is 5.57. The third-order valence-corrected chi connectivity index (χ3v) is 7.22. The minimum Gasteiger partial charge on any atom is -0.390 e. The maximum absolute atomic E-state index is 12.0. The smallest absolute Gasteiger partial charge is 0.390 e. The number of rotatable bonds is 9. The van der Waals surface area contributed by atoms with Crippen molar-refractivity contribution in [2.75, 3.05) is 19.0 Å². The Morgan fingerprint density at radius 1 is 1.24 bits per heavy atom. The Labute approximate surface area is 162 Å². The summed E-state index contributed by atoms with van der Waals surface area (Å²) in [6.45, 7) is -0.835. The van der Waals surface area contributed by atoms with Gasteiger partial charge in [-0.1, -0.05) is 0 Å². The lowest BCUT2D eigenvalue weighted by atomic mass is 10.2. The molecule has 2 rings (SSSR count). The minimum atomic E-state index is -5.65. The molecule has 0 aromatic carbocycles. The number of aromatic nitrogens is 2. The van der Waals surface area contributed by atoms with Gasteiger partial charge in [0, 0.05) is 19.7 Å². The van der Waals surface area contributed by atoms with E-state index in [2.05, 4.69) is 23.4 Å². The Morgan fingerprint density at radius 3 is 2.45 bits per heavy atom. The molecule has 0 amide bonds. The first kappa shape index (κ1) is 24.3. The van der Waals surface area contributed by atoms with Crippen LogP contribution < -0.4 is 11.0 Å². The van der Waals surface area contributed by atoms with Gasteiger partial charge >= 0.3 is 29.2 Å². The number of phosphoric acid groups is 3. The Bertz CT molecular complexity index is 931. The quantitative estimate of drug-likeness (QED) is 0.239. The Hall–Kier alpha value is -0.990. The molecule has 1 saturated heterocycles. The van der Waals surface area contributed by atoms with E-state index in [0.29, 0.717) is 5.82 Å². The molecule has 166 valence electrons. The molecule has 6 N–H and O–H groups in total. The fourth-order valence-corrected chi connectivity index (χ4v) is 5.31. The van der Waals surface area contributed by atoms with Crippen LogP contribution in [-0.2, 0) is 31.6 Å². The highest BCUT2D eigenvalue weighted by molar-refractivity contribution is 7.66. The van der Waals surface area contributed by atoms with Gasteiger partial charge in [0.25, 0.3) is 0 Å². The van der Waals surface area contributed by atoms with E-state index in [4.69, 9.17) is 19.4 Å². The predicted octanol–water partition coefficient (Wildman–Crippen LogP) is -0.723. The van der Waals surface area contributed by atoms with Gasteiger partial charge in [0.1, 0.15) is 18.1 Å². The third kappa shape index (κ3) is 7.33. The fraction of sp³-hybridized carbons (Fsp3) is 0.600. The lowest BCUT2D eigenvalue weighted by molar-refractivity contribution is -0.0449. The predicted molar refractivity (Wildman–Crippen MR) is 92.4 cm³/mol. The van der Waals surface area contributed by atoms with E-state index < -0.39 is 54.2 Å². The maximum Gasteiger partial charge on any atom is 0.490 e. The van der Waals surface area contributed by atoms with E-state index >= 15 is 0 Å². The van der Waals surface area contributed by atoms with E-state index in [-0.39, 0.29) is 6.42 Å². The van der Waals surface area contributed by atoms with Crippen molar-refractivity contribution < 1.29 is 56.3 Å². The summed E-state index contributed by atoms with van der Waals surface area (Å²) in [6, 6.07) is 1.47. The Balaban J connectivity index is 1.99. The second kappa shape index (κ2) is 9.02. The first-order valence-electron chi connectivity index (χ1n) is 7.60. The molecule has 0 bridgehead atoms. The van der Waals surface area contributed by atoms with E-state index in [1.54, 1.807) is 7.05 Å². The van der Waals surface area contributed by atoms with Crippen LogP contribution in [0.1, 0.15) is 12.6 Å². The highest BCUT2D eigenvalue weighted by Crippen LogP contribution is 2.66. The van der Waals surface area contributed by atoms with Gasteiger partial charge in [0.15, 0.2) is 0 Å². The number of aliphatic hydroxyl groups is 1. The van der Waals surface area contributed by atoms with Gasteiger partial charge in [-0.2, -0.15) is 13.6 Å². The van der Waals surface area contributed by atoms with E-state index in [1.165, 1.54) is 12.3 Å². The minimum absolute atomic E-state index is 0.106. The number of anilines is 1. The number of hydrogen-bond donors (Lipinski definition) is 6. The SMILES string of the molecule is CNc1ccn([C@H]2CC(O)[C@@H](COP(=O)(O)OP(=O)(O)OP(=O)(O)O)O2)c(=O)n1. The summed E-state index contributed by atoms with van der Waals surface area (Å²) in [5, 5.41) is 12.7. The van der Waals surface area contributed by atoms with Crippen LogP contribution in [0.25, 0.3) is 0 Å². The summed E-state index contributed by atoms with van der Waals surface area (Å²) >= 11 is 0. The molecule has 1 aliphatic heterocycles. The van der Waals surface area contributed by atoms with Gasteiger partial charge in [0.2, 0.25) is 0 Å². The zero-order chi connectivity index (χ0) is 22.0. The van der Waals surface area contributed by atoms with Crippen LogP contribution in [-0.4, -0.2) is 60.1 Å². The van der Waals surface area contributed by atoms with Gasteiger partial charge in [-0.3, -0.25) is 9.09 Å². The fourth-order valence-electron chi connectivity index (χ4n) is 2.28. The van der Waals surface area contributed by atoms with Gasteiger partial charge in [-0.15, -0.1) is 0 Å². The second-order valence-corrected chi connectivity index (χ2v) is 9.99. The number of ether oxygens (including phenoxy) is 1. The van der Waals surface area contributed by atoms with Crippen molar-refractivity contribution in [2.45, 2.75) is 24.9 Å². The molecule has 0 saturated carbocycles. The van der Waals surface area contributed by atoms with Crippen molar-refractivity contribution in [2.24, 2.45) is 0 Å². The summed E-state index contributed by atoms with van der Waals surface area (Å²) < 4.78 is 51.5.